The molecule has 0 saturated carbocycles. The van der Waals surface area contributed by atoms with Crippen molar-refractivity contribution in [2.75, 3.05) is 44.8 Å². The molecule has 4 saturated heterocycles. The molecule has 6 rings (SSSR count). The van der Waals surface area contributed by atoms with Crippen molar-refractivity contribution >= 4 is 29.1 Å². The molecule has 226 valence electrons. The summed E-state index contributed by atoms with van der Waals surface area (Å²) in [5.41, 5.74) is -1.72. The molecule has 0 aromatic heterocycles. The van der Waals surface area contributed by atoms with Crippen LogP contribution in [0.15, 0.2) is 48.5 Å². The average molecular weight is 606 g/mol. The van der Waals surface area contributed by atoms with Gasteiger partial charge in [-0.15, -0.1) is 0 Å². The molecular weight excluding hydrogens is 571 g/mol. The van der Waals surface area contributed by atoms with E-state index in [0.29, 0.717) is 42.6 Å². The van der Waals surface area contributed by atoms with Crippen molar-refractivity contribution in [3.05, 3.63) is 64.7 Å². The number of carbonyl (C=O) groups excluding carboxylic acids is 2. The lowest BCUT2D eigenvalue weighted by Gasteiger charge is -2.41. The number of likely N-dealkylation sites (N-methyl/N-ethyl adjacent to an activating group) is 1. The van der Waals surface area contributed by atoms with Crippen LogP contribution in [-0.2, 0) is 19.9 Å². The monoisotopic (exact) mass is 605 g/mol. The van der Waals surface area contributed by atoms with Gasteiger partial charge in [0, 0.05) is 44.5 Å². The van der Waals surface area contributed by atoms with Crippen LogP contribution in [0.1, 0.15) is 48.0 Å². The molecule has 42 heavy (non-hydrogen) atoms. The molecule has 4 heterocycles. The van der Waals surface area contributed by atoms with E-state index < -0.39 is 23.9 Å². The largest absolute Gasteiger partial charge is 0.431 e. The fourth-order valence-electron chi connectivity index (χ4n) is 7.08. The zero-order valence-electron chi connectivity index (χ0n) is 23.5. The van der Waals surface area contributed by atoms with E-state index in [4.69, 9.17) is 21.1 Å². The van der Waals surface area contributed by atoms with E-state index in [1.807, 2.05) is 12.1 Å². The summed E-state index contributed by atoms with van der Waals surface area (Å²) in [5, 5.41) is 0.410. The number of anilines is 1. The van der Waals surface area contributed by atoms with Crippen LogP contribution in [0.4, 0.5) is 18.9 Å². The standard InChI is InChI=1S/C31H35ClF3N3O4/c1-36(24-12-16-41-19-24)28(39)25-8-7-23(18-26(25)32)37-13-9-20(10-14-37)21-11-15-38-27(17-21)42-30(29(38)40,31(33,34)35)22-5-3-2-4-6-22/h2-8,18,20-21,24,27H,9-17,19H2,1H3/t21?,24?,27?,30-/m1/s1. The first-order valence-electron chi connectivity index (χ1n) is 14.6. The van der Waals surface area contributed by atoms with E-state index in [1.165, 1.54) is 29.2 Å². The van der Waals surface area contributed by atoms with Crippen LogP contribution in [0.3, 0.4) is 0 Å². The maximum atomic E-state index is 14.4. The molecule has 3 unspecified atom stereocenters. The van der Waals surface area contributed by atoms with Crippen molar-refractivity contribution in [1.82, 2.24) is 9.80 Å². The number of ether oxygens (including phenoxy) is 2. The van der Waals surface area contributed by atoms with E-state index in [1.54, 1.807) is 24.1 Å². The van der Waals surface area contributed by atoms with Crippen molar-refractivity contribution in [3.63, 3.8) is 0 Å². The second-order valence-electron chi connectivity index (χ2n) is 11.8. The van der Waals surface area contributed by atoms with Crippen molar-refractivity contribution in [1.29, 1.82) is 0 Å². The summed E-state index contributed by atoms with van der Waals surface area (Å²) in [6.07, 6.45) is -2.16. The maximum Gasteiger partial charge on any atom is 0.431 e. The fourth-order valence-corrected chi connectivity index (χ4v) is 7.34. The van der Waals surface area contributed by atoms with E-state index >= 15 is 0 Å². The topological polar surface area (TPSA) is 62.3 Å². The van der Waals surface area contributed by atoms with E-state index in [0.717, 1.165) is 38.0 Å². The summed E-state index contributed by atoms with van der Waals surface area (Å²) < 4.78 is 54.4. The van der Waals surface area contributed by atoms with Gasteiger partial charge in [-0.3, -0.25) is 9.59 Å². The summed E-state index contributed by atoms with van der Waals surface area (Å²) in [6, 6.07) is 12.8. The molecule has 4 fully saturated rings. The van der Waals surface area contributed by atoms with Crippen LogP contribution < -0.4 is 4.90 Å². The van der Waals surface area contributed by atoms with Crippen LogP contribution in [0.2, 0.25) is 5.02 Å². The number of alkyl halides is 3. The molecule has 7 nitrogen and oxygen atoms in total. The van der Waals surface area contributed by atoms with Crippen molar-refractivity contribution in [2.24, 2.45) is 11.8 Å². The van der Waals surface area contributed by atoms with Crippen LogP contribution in [0.25, 0.3) is 0 Å². The number of rotatable bonds is 5. The summed E-state index contributed by atoms with van der Waals surface area (Å²) in [5.74, 6) is -0.652. The predicted molar refractivity (Wildman–Crippen MR) is 151 cm³/mol. The normalized spacial score (nSPS) is 28.7. The summed E-state index contributed by atoms with van der Waals surface area (Å²) in [6.45, 7) is 2.98. The van der Waals surface area contributed by atoms with Crippen molar-refractivity contribution < 1.29 is 32.2 Å². The van der Waals surface area contributed by atoms with Crippen LogP contribution in [0.5, 0.6) is 0 Å². The second kappa shape index (κ2) is 11.4. The van der Waals surface area contributed by atoms with Crippen LogP contribution >= 0.6 is 11.6 Å². The zero-order chi connectivity index (χ0) is 29.6. The Hall–Kier alpha value is -2.82. The summed E-state index contributed by atoms with van der Waals surface area (Å²) in [7, 11) is 1.78. The highest BCUT2D eigenvalue weighted by molar-refractivity contribution is 6.34. The van der Waals surface area contributed by atoms with Gasteiger partial charge in [-0.25, -0.2) is 0 Å². The Bertz CT molecular complexity index is 1310. The number of nitrogens with zero attached hydrogens (tertiary/aromatic N) is 3. The summed E-state index contributed by atoms with van der Waals surface area (Å²) >= 11 is 6.58. The van der Waals surface area contributed by atoms with Gasteiger partial charge in [0.1, 0.15) is 6.23 Å². The van der Waals surface area contributed by atoms with Crippen LogP contribution in [-0.4, -0.2) is 80.0 Å². The minimum Gasteiger partial charge on any atom is -0.379 e. The van der Waals surface area contributed by atoms with Crippen LogP contribution in [0, 0.1) is 11.8 Å². The van der Waals surface area contributed by atoms with E-state index in [9.17, 15) is 22.8 Å². The van der Waals surface area contributed by atoms with Gasteiger partial charge in [-0.2, -0.15) is 13.2 Å². The van der Waals surface area contributed by atoms with Gasteiger partial charge >= 0.3 is 6.18 Å². The van der Waals surface area contributed by atoms with E-state index in [2.05, 4.69) is 4.90 Å². The molecule has 0 bridgehead atoms. The molecule has 0 spiro atoms. The number of halogens is 4. The van der Waals surface area contributed by atoms with Crippen molar-refractivity contribution in [3.8, 4) is 0 Å². The number of hydrogen-bond acceptors (Lipinski definition) is 5. The SMILES string of the molecule is CN(C(=O)c1ccc(N2CCC(C3CCN4C(=O)[C@](c5ccccc5)(C(F)(F)F)OC4C3)CC2)cc1Cl)C1CCOC1. The molecular formula is C31H35ClF3N3O4. The Morgan fingerprint density at radius 1 is 1.02 bits per heavy atom. The minimum atomic E-state index is -4.87. The van der Waals surface area contributed by atoms with Gasteiger partial charge in [0.2, 0.25) is 0 Å². The quantitative estimate of drug-likeness (QED) is 0.452. The fraction of sp³-hybridized carbons (Fsp3) is 0.548. The summed E-state index contributed by atoms with van der Waals surface area (Å²) in [4.78, 5) is 31.5. The number of benzene rings is 2. The Morgan fingerprint density at radius 2 is 1.74 bits per heavy atom. The number of amides is 2. The lowest BCUT2D eigenvalue weighted by atomic mass is 9.78. The molecule has 0 N–H and O–H groups in total. The number of fused-ring (bicyclic) bond motifs is 1. The number of carbonyl (C=O) groups is 2. The lowest BCUT2D eigenvalue weighted by Crippen LogP contribution is -2.50. The Morgan fingerprint density at radius 3 is 2.38 bits per heavy atom. The third-order valence-corrected chi connectivity index (χ3v) is 9.89. The molecule has 2 amide bonds. The highest BCUT2D eigenvalue weighted by atomic mass is 35.5. The number of piperidine rings is 2. The molecule has 4 aliphatic rings. The van der Waals surface area contributed by atoms with E-state index in [-0.39, 0.29) is 30.0 Å². The minimum absolute atomic E-state index is 0.0510. The lowest BCUT2D eigenvalue weighted by molar-refractivity contribution is -0.271. The third kappa shape index (κ3) is 5.05. The van der Waals surface area contributed by atoms with Crippen molar-refractivity contribution in [2.45, 2.75) is 56.2 Å². The van der Waals surface area contributed by atoms with Gasteiger partial charge in [-0.1, -0.05) is 41.9 Å². The Labute approximate surface area is 248 Å². The molecule has 2 aromatic rings. The molecule has 0 radical (unpaired) electrons. The molecule has 4 aliphatic heterocycles. The Balaban J connectivity index is 1.09. The van der Waals surface area contributed by atoms with Gasteiger partial charge in [0.25, 0.3) is 17.4 Å². The first-order chi connectivity index (χ1) is 20.1. The van der Waals surface area contributed by atoms with Gasteiger partial charge in [0.05, 0.1) is 23.2 Å². The Kier molecular flexibility index (Phi) is 7.91. The smallest absolute Gasteiger partial charge is 0.379 e. The molecule has 4 atom stereocenters. The van der Waals surface area contributed by atoms with Gasteiger partial charge in [0.15, 0.2) is 0 Å². The third-order valence-electron chi connectivity index (χ3n) is 9.58. The molecule has 2 aromatic carbocycles. The molecule has 0 aliphatic carbocycles. The highest BCUT2D eigenvalue weighted by Crippen LogP contribution is 2.51. The highest BCUT2D eigenvalue weighted by Gasteiger charge is 2.70. The first-order valence-corrected chi connectivity index (χ1v) is 15.0. The average Bonchev–Trinajstić information content (AvgIpc) is 3.64. The maximum absolute atomic E-state index is 14.4. The predicted octanol–water partition coefficient (Wildman–Crippen LogP) is 5.47. The molecule has 11 heteroatoms. The number of hydrogen-bond donors (Lipinski definition) is 0. The second-order valence-corrected chi connectivity index (χ2v) is 12.2. The van der Waals surface area contributed by atoms with Gasteiger partial charge in [-0.05, 0) is 62.1 Å². The first kappa shape index (κ1) is 29.3. The van der Waals surface area contributed by atoms with Gasteiger partial charge < -0.3 is 24.2 Å². The zero-order valence-corrected chi connectivity index (χ0v) is 24.2.